The molecule has 0 N–H and O–H groups in total. The third kappa shape index (κ3) is 3.46. The van der Waals surface area contributed by atoms with Crippen LogP contribution in [0.2, 0.25) is 0 Å². The van der Waals surface area contributed by atoms with Crippen molar-refractivity contribution in [3.05, 3.63) is 58.7 Å². The Morgan fingerprint density at radius 3 is 2.65 bits per heavy atom. The zero-order valence-electron chi connectivity index (χ0n) is 15.4. The van der Waals surface area contributed by atoms with Crippen LogP contribution in [0.4, 0.5) is 4.39 Å². The van der Waals surface area contributed by atoms with Crippen LogP contribution in [0, 0.1) is 19.7 Å². The van der Waals surface area contributed by atoms with Crippen LogP contribution in [0.15, 0.2) is 30.3 Å². The fraction of sp³-hybridized carbons (Fsp3) is 0.476. The van der Waals surface area contributed by atoms with Gasteiger partial charge in [0.15, 0.2) is 5.78 Å². The van der Waals surface area contributed by atoms with Crippen molar-refractivity contribution in [2.45, 2.75) is 38.8 Å². The first-order chi connectivity index (χ1) is 12.5. The van der Waals surface area contributed by atoms with Crippen LogP contribution < -0.4 is 0 Å². The summed E-state index contributed by atoms with van der Waals surface area (Å²) in [5, 5.41) is 0. The van der Waals surface area contributed by atoms with Gasteiger partial charge in [-0.15, -0.1) is 0 Å². The first-order valence-electron chi connectivity index (χ1n) is 9.34. The van der Waals surface area contributed by atoms with Gasteiger partial charge in [0.1, 0.15) is 5.82 Å². The van der Waals surface area contributed by atoms with E-state index in [4.69, 9.17) is 4.74 Å². The van der Waals surface area contributed by atoms with Crippen molar-refractivity contribution in [3.8, 4) is 0 Å². The molecule has 2 aliphatic rings. The van der Waals surface area contributed by atoms with Crippen LogP contribution in [-0.2, 0) is 4.74 Å². The Balaban J connectivity index is 1.44. The lowest BCUT2D eigenvalue weighted by Crippen LogP contribution is -2.41. The van der Waals surface area contributed by atoms with E-state index in [2.05, 4.69) is 23.3 Å². The van der Waals surface area contributed by atoms with Crippen LogP contribution in [0.5, 0.6) is 0 Å². The van der Waals surface area contributed by atoms with Crippen LogP contribution >= 0.6 is 0 Å². The van der Waals surface area contributed by atoms with Crippen LogP contribution in [0.1, 0.15) is 52.3 Å². The summed E-state index contributed by atoms with van der Waals surface area (Å²) in [4.78, 5) is 15.0. The minimum atomic E-state index is -0.248. The minimum Gasteiger partial charge on any atom is -0.371 e. The minimum absolute atomic E-state index is 0.115. The molecule has 2 aromatic rings. The molecular formula is C21H25FN2O2. The third-order valence-corrected chi connectivity index (χ3v) is 5.46. The van der Waals surface area contributed by atoms with E-state index in [0.717, 1.165) is 23.4 Å². The molecule has 1 saturated carbocycles. The second kappa shape index (κ2) is 6.97. The molecule has 4 rings (SSSR count). The van der Waals surface area contributed by atoms with Gasteiger partial charge in [-0.2, -0.15) is 0 Å². The number of morpholine rings is 1. The number of ether oxygens (including phenoxy) is 1. The maximum atomic E-state index is 13.1. The van der Waals surface area contributed by atoms with Crippen molar-refractivity contribution in [2.75, 3.05) is 26.2 Å². The number of rotatable bonds is 5. The maximum Gasteiger partial charge on any atom is 0.178 e. The van der Waals surface area contributed by atoms with E-state index < -0.39 is 0 Å². The Labute approximate surface area is 153 Å². The summed E-state index contributed by atoms with van der Waals surface area (Å²) in [5.74, 6) is -0.0765. The highest BCUT2D eigenvalue weighted by atomic mass is 19.1. The molecule has 0 amide bonds. The second-order valence-electron chi connectivity index (χ2n) is 7.46. The number of carbonyl (C=O) groups is 1. The predicted octanol–water partition coefficient (Wildman–Crippen LogP) is 3.84. The second-order valence-corrected chi connectivity index (χ2v) is 7.46. The Bertz CT molecular complexity index is 808. The fourth-order valence-corrected chi connectivity index (χ4v) is 3.97. The Hall–Kier alpha value is -1.98. The lowest BCUT2D eigenvalue weighted by molar-refractivity contribution is -0.0275. The van der Waals surface area contributed by atoms with Gasteiger partial charge in [-0.1, -0.05) is 12.1 Å². The molecule has 1 saturated heterocycles. The number of hydrogen-bond acceptors (Lipinski definition) is 3. The SMILES string of the molecule is Cc1cc(C(=O)CN2CCO[C@H](c3ccc(F)cc3)C2)c(C)n1C1CC1. The largest absolute Gasteiger partial charge is 0.371 e. The molecule has 1 aliphatic heterocycles. The third-order valence-electron chi connectivity index (χ3n) is 5.46. The number of benzene rings is 1. The van der Waals surface area contributed by atoms with Gasteiger partial charge in [0.05, 0.1) is 19.3 Å². The number of aryl methyl sites for hydroxylation is 1. The van der Waals surface area contributed by atoms with E-state index in [1.807, 2.05) is 6.07 Å². The molecule has 26 heavy (non-hydrogen) atoms. The van der Waals surface area contributed by atoms with Gasteiger partial charge in [-0.3, -0.25) is 9.69 Å². The number of nitrogens with zero attached hydrogens (tertiary/aromatic N) is 2. The summed E-state index contributed by atoms with van der Waals surface area (Å²) in [7, 11) is 0. The van der Waals surface area contributed by atoms with Crippen LogP contribution in [0.25, 0.3) is 0 Å². The number of carbonyl (C=O) groups excluding carboxylic acids is 1. The number of hydrogen-bond donors (Lipinski definition) is 0. The zero-order chi connectivity index (χ0) is 18.3. The molecule has 2 fully saturated rings. The van der Waals surface area contributed by atoms with Gasteiger partial charge >= 0.3 is 0 Å². The molecular weight excluding hydrogens is 331 g/mol. The summed E-state index contributed by atoms with van der Waals surface area (Å²) >= 11 is 0. The highest BCUT2D eigenvalue weighted by Crippen LogP contribution is 2.38. The van der Waals surface area contributed by atoms with E-state index in [1.165, 1.54) is 30.7 Å². The lowest BCUT2D eigenvalue weighted by Gasteiger charge is -2.32. The van der Waals surface area contributed by atoms with Crippen molar-refractivity contribution in [1.82, 2.24) is 9.47 Å². The van der Waals surface area contributed by atoms with Crippen molar-refractivity contribution in [3.63, 3.8) is 0 Å². The summed E-state index contributed by atoms with van der Waals surface area (Å²) in [6.45, 7) is 6.51. The summed E-state index contributed by atoms with van der Waals surface area (Å²) < 4.78 is 21.3. The number of ketones is 1. The Morgan fingerprint density at radius 1 is 1.23 bits per heavy atom. The maximum absolute atomic E-state index is 13.1. The smallest absolute Gasteiger partial charge is 0.178 e. The molecule has 1 atom stereocenters. The van der Waals surface area contributed by atoms with Crippen molar-refractivity contribution >= 4 is 5.78 Å². The zero-order valence-corrected chi connectivity index (χ0v) is 15.4. The molecule has 2 heterocycles. The number of Topliss-reactive ketones (excluding diaryl/α,β-unsaturated/α-hetero) is 1. The quantitative estimate of drug-likeness (QED) is 0.764. The highest BCUT2D eigenvalue weighted by Gasteiger charge is 2.29. The lowest BCUT2D eigenvalue weighted by atomic mass is 10.1. The van der Waals surface area contributed by atoms with E-state index in [9.17, 15) is 9.18 Å². The highest BCUT2D eigenvalue weighted by molar-refractivity contribution is 5.99. The van der Waals surface area contributed by atoms with Crippen LogP contribution in [0.3, 0.4) is 0 Å². The molecule has 0 bridgehead atoms. The monoisotopic (exact) mass is 356 g/mol. The molecule has 138 valence electrons. The van der Waals surface area contributed by atoms with Crippen LogP contribution in [-0.4, -0.2) is 41.5 Å². The average Bonchev–Trinajstić information content (AvgIpc) is 3.41. The standard InChI is InChI=1S/C21H25FN2O2/c1-14-11-19(15(2)24(14)18-7-8-18)20(25)12-23-9-10-26-21(13-23)16-3-5-17(22)6-4-16/h3-6,11,18,21H,7-10,12-13H2,1-2H3/t21-/m0/s1. The van der Waals surface area contributed by atoms with E-state index in [0.29, 0.717) is 25.7 Å². The number of aromatic nitrogens is 1. The van der Waals surface area contributed by atoms with Gasteiger partial charge in [0, 0.05) is 36.1 Å². The molecule has 1 aromatic carbocycles. The van der Waals surface area contributed by atoms with E-state index >= 15 is 0 Å². The van der Waals surface area contributed by atoms with Gasteiger partial charge in [0.2, 0.25) is 0 Å². The van der Waals surface area contributed by atoms with E-state index in [1.54, 1.807) is 12.1 Å². The van der Waals surface area contributed by atoms with Gasteiger partial charge in [-0.25, -0.2) is 4.39 Å². The molecule has 0 spiro atoms. The van der Waals surface area contributed by atoms with Crippen molar-refractivity contribution < 1.29 is 13.9 Å². The van der Waals surface area contributed by atoms with Crippen molar-refractivity contribution in [1.29, 1.82) is 0 Å². The number of halogens is 1. The molecule has 4 nitrogen and oxygen atoms in total. The molecule has 1 aliphatic carbocycles. The predicted molar refractivity (Wildman–Crippen MR) is 98.0 cm³/mol. The molecule has 5 heteroatoms. The summed E-state index contributed by atoms with van der Waals surface area (Å²) in [5.41, 5.74) is 4.08. The van der Waals surface area contributed by atoms with Gasteiger partial charge in [-0.05, 0) is 50.5 Å². The summed E-state index contributed by atoms with van der Waals surface area (Å²) in [6.07, 6.45) is 2.32. The molecule has 0 unspecified atom stereocenters. The normalized spacial score (nSPS) is 21.1. The van der Waals surface area contributed by atoms with Crippen molar-refractivity contribution in [2.24, 2.45) is 0 Å². The fourth-order valence-electron chi connectivity index (χ4n) is 3.97. The Kier molecular flexibility index (Phi) is 4.67. The van der Waals surface area contributed by atoms with Gasteiger partial charge in [0.25, 0.3) is 0 Å². The average molecular weight is 356 g/mol. The first kappa shape index (κ1) is 17.4. The Morgan fingerprint density at radius 2 is 1.96 bits per heavy atom. The van der Waals surface area contributed by atoms with Gasteiger partial charge < -0.3 is 9.30 Å². The first-order valence-corrected chi connectivity index (χ1v) is 9.34. The van der Waals surface area contributed by atoms with E-state index in [-0.39, 0.29) is 17.7 Å². The summed E-state index contributed by atoms with van der Waals surface area (Å²) in [6, 6.07) is 9.05. The molecule has 1 aromatic heterocycles. The molecule has 0 radical (unpaired) electrons. The topological polar surface area (TPSA) is 34.5 Å².